The van der Waals surface area contributed by atoms with E-state index in [4.69, 9.17) is 5.73 Å². The maximum atomic E-state index is 11.7. The fraction of sp³-hybridized carbons (Fsp3) is 0.818. The number of hydrogen-bond donors (Lipinski definition) is 2. The minimum atomic E-state index is -0.457. The van der Waals surface area contributed by atoms with Crippen molar-refractivity contribution in [1.82, 2.24) is 10.2 Å². The van der Waals surface area contributed by atoms with E-state index in [1.54, 1.807) is 4.90 Å². The van der Waals surface area contributed by atoms with Crippen LogP contribution in [0.2, 0.25) is 0 Å². The largest absolute Gasteiger partial charge is 0.347 e. The maximum Gasteiger partial charge on any atom is 0.242 e. The van der Waals surface area contributed by atoms with Crippen molar-refractivity contribution >= 4 is 24.2 Å². The lowest BCUT2D eigenvalue weighted by Gasteiger charge is -2.20. The Morgan fingerprint density at radius 3 is 2.41 bits per heavy atom. The van der Waals surface area contributed by atoms with Crippen LogP contribution in [-0.2, 0) is 9.59 Å². The molecule has 0 aliphatic carbocycles. The first-order valence-corrected chi connectivity index (χ1v) is 5.62. The number of likely N-dealkylation sites (tertiary alicyclic amines) is 1. The fourth-order valence-electron chi connectivity index (χ4n) is 1.55. The van der Waals surface area contributed by atoms with Crippen LogP contribution in [0, 0.1) is 5.41 Å². The zero-order valence-corrected chi connectivity index (χ0v) is 11.5. The van der Waals surface area contributed by atoms with Crippen LogP contribution in [0.1, 0.15) is 27.2 Å². The summed E-state index contributed by atoms with van der Waals surface area (Å²) in [6, 6.07) is 0.0854. The van der Waals surface area contributed by atoms with E-state index in [1.165, 1.54) is 0 Å². The molecule has 1 aliphatic rings. The molecule has 1 saturated heterocycles. The summed E-state index contributed by atoms with van der Waals surface area (Å²) in [6.45, 7) is 6.83. The maximum absolute atomic E-state index is 11.7. The quantitative estimate of drug-likeness (QED) is 0.744. The number of nitrogens with two attached hydrogens (primary N) is 1. The van der Waals surface area contributed by atoms with Crippen LogP contribution in [0.15, 0.2) is 0 Å². The summed E-state index contributed by atoms with van der Waals surface area (Å²) >= 11 is 0. The molecule has 6 heteroatoms. The number of rotatable bonds is 2. The van der Waals surface area contributed by atoms with Crippen LogP contribution in [0.3, 0.4) is 0 Å². The van der Waals surface area contributed by atoms with Crippen LogP contribution < -0.4 is 11.1 Å². The molecule has 1 atom stereocenters. The third-order valence-electron chi connectivity index (χ3n) is 2.66. The van der Waals surface area contributed by atoms with Gasteiger partial charge in [0.1, 0.15) is 0 Å². The average molecular weight is 264 g/mol. The summed E-state index contributed by atoms with van der Waals surface area (Å²) in [7, 11) is 0. The SMILES string of the molecule is CC(C)(C)C(=O)NCC(=O)N1CC[C@@H](N)C1.Cl. The average Bonchev–Trinajstić information content (AvgIpc) is 2.59. The first-order valence-electron chi connectivity index (χ1n) is 5.62. The van der Waals surface area contributed by atoms with Crippen molar-refractivity contribution in [2.24, 2.45) is 11.1 Å². The lowest BCUT2D eigenvalue weighted by atomic mass is 9.96. The molecule has 0 unspecified atom stereocenters. The Balaban J connectivity index is 0.00000256. The zero-order chi connectivity index (χ0) is 12.3. The Kier molecular flexibility index (Phi) is 5.92. The molecule has 2 amide bonds. The molecular formula is C11H22ClN3O2. The summed E-state index contributed by atoms with van der Waals surface area (Å²) in [5, 5.41) is 2.64. The van der Waals surface area contributed by atoms with Crippen LogP contribution >= 0.6 is 12.4 Å². The molecule has 0 bridgehead atoms. The Morgan fingerprint density at radius 1 is 1.41 bits per heavy atom. The molecule has 0 aromatic rings. The van der Waals surface area contributed by atoms with Gasteiger partial charge in [-0.05, 0) is 6.42 Å². The van der Waals surface area contributed by atoms with Crippen LogP contribution in [0.5, 0.6) is 0 Å². The van der Waals surface area contributed by atoms with Gasteiger partial charge in [0.25, 0.3) is 0 Å². The predicted octanol–water partition coefficient (Wildman–Crippen LogP) is 0.130. The molecule has 0 saturated carbocycles. The van der Waals surface area contributed by atoms with Crippen molar-refractivity contribution in [3.63, 3.8) is 0 Å². The Morgan fingerprint density at radius 2 is 2.00 bits per heavy atom. The molecule has 0 aromatic heterocycles. The van der Waals surface area contributed by atoms with E-state index < -0.39 is 5.41 Å². The number of halogens is 1. The molecule has 1 fully saturated rings. The van der Waals surface area contributed by atoms with E-state index >= 15 is 0 Å². The van der Waals surface area contributed by atoms with Gasteiger partial charge < -0.3 is 16.0 Å². The molecule has 17 heavy (non-hydrogen) atoms. The normalized spacial score (nSPS) is 19.8. The molecule has 3 N–H and O–H groups in total. The van der Waals surface area contributed by atoms with Crippen molar-refractivity contribution in [2.75, 3.05) is 19.6 Å². The van der Waals surface area contributed by atoms with Crippen LogP contribution in [-0.4, -0.2) is 42.4 Å². The molecule has 1 heterocycles. The number of hydrogen-bond acceptors (Lipinski definition) is 3. The zero-order valence-electron chi connectivity index (χ0n) is 10.7. The van der Waals surface area contributed by atoms with Gasteiger partial charge >= 0.3 is 0 Å². The number of nitrogens with one attached hydrogen (secondary N) is 1. The van der Waals surface area contributed by atoms with Crippen molar-refractivity contribution in [3.8, 4) is 0 Å². The highest BCUT2D eigenvalue weighted by Gasteiger charge is 2.25. The topological polar surface area (TPSA) is 75.4 Å². The second-order valence-corrected chi connectivity index (χ2v) is 5.32. The second kappa shape index (κ2) is 6.21. The minimum absolute atomic E-state index is 0. The molecule has 0 radical (unpaired) electrons. The van der Waals surface area contributed by atoms with Gasteiger partial charge in [0, 0.05) is 24.5 Å². The first-order chi connectivity index (χ1) is 7.30. The Hall–Kier alpha value is -0.810. The van der Waals surface area contributed by atoms with Crippen molar-refractivity contribution < 1.29 is 9.59 Å². The number of amides is 2. The number of nitrogens with zero attached hydrogens (tertiary/aromatic N) is 1. The lowest BCUT2D eigenvalue weighted by Crippen LogP contribution is -2.43. The third kappa shape index (κ3) is 4.91. The van der Waals surface area contributed by atoms with E-state index in [0.717, 1.165) is 6.42 Å². The van der Waals surface area contributed by atoms with Crippen molar-refractivity contribution in [2.45, 2.75) is 33.2 Å². The van der Waals surface area contributed by atoms with Gasteiger partial charge in [0.05, 0.1) is 6.54 Å². The molecule has 1 aliphatic heterocycles. The van der Waals surface area contributed by atoms with Crippen molar-refractivity contribution in [1.29, 1.82) is 0 Å². The smallest absolute Gasteiger partial charge is 0.242 e. The van der Waals surface area contributed by atoms with E-state index in [-0.39, 0.29) is 36.8 Å². The second-order valence-electron chi connectivity index (χ2n) is 5.32. The van der Waals surface area contributed by atoms with Gasteiger partial charge in [0.15, 0.2) is 0 Å². The van der Waals surface area contributed by atoms with E-state index in [2.05, 4.69) is 5.32 Å². The molecule has 100 valence electrons. The fourth-order valence-corrected chi connectivity index (χ4v) is 1.55. The predicted molar refractivity (Wildman–Crippen MR) is 68.9 cm³/mol. The monoisotopic (exact) mass is 263 g/mol. The first kappa shape index (κ1) is 16.2. The summed E-state index contributed by atoms with van der Waals surface area (Å²) in [4.78, 5) is 24.9. The third-order valence-corrected chi connectivity index (χ3v) is 2.66. The minimum Gasteiger partial charge on any atom is -0.347 e. The van der Waals surface area contributed by atoms with E-state index in [0.29, 0.717) is 13.1 Å². The van der Waals surface area contributed by atoms with Gasteiger partial charge in [-0.15, -0.1) is 12.4 Å². The number of carbonyl (C=O) groups excluding carboxylic acids is 2. The van der Waals surface area contributed by atoms with Crippen LogP contribution in [0.4, 0.5) is 0 Å². The van der Waals surface area contributed by atoms with Gasteiger partial charge in [-0.25, -0.2) is 0 Å². The summed E-state index contributed by atoms with van der Waals surface area (Å²) in [5.74, 6) is -0.158. The molecular weight excluding hydrogens is 242 g/mol. The highest BCUT2D eigenvalue weighted by atomic mass is 35.5. The van der Waals surface area contributed by atoms with E-state index in [9.17, 15) is 9.59 Å². The van der Waals surface area contributed by atoms with Gasteiger partial charge in [-0.3, -0.25) is 9.59 Å². The van der Waals surface area contributed by atoms with Crippen LogP contribution in [0.25, 0.3) is 0 Å². The Labute approximate surface area is 109 Å². The highest BCUT2D eigenvalue weighted by Crippen LogP contribution is 2.12. The van der Waals surface area contributed by atoms with Gasteiger partial charge in [-0.1, -0.05) is 20.8 Å². The molecule has 1 rings (SSSR count). The molecule has 0 spiro atoms. The van der Waals surface area contributed by atoms with E-state index in [1.807, 2.05) is 20.8 Å². The Bertz CT molecular complexity index is 289. The standard InChI is InChI=1S/C11H21N3O2.ClH/c1-11(2,3)10(16)13-6-9(15)14-5-4-8(12)7-14;/h8H,4-7,12H2,1-3H3,(H,13,16);1H/t8-;/m1./s1. The lowest BCUT2D eigenvalue weighted by molar-refractivity contribution is -0.134. The highest BCUT2D eigenvalue weighted by molar-refractivity contribution is 5.87. The summed E-state index contributed by atoms with van der Waals surface area (Å²) in [6.07, 6.45) is 0.846. The molecule has 5 nitrogen and oxygen atoms in total. The van der Waals surface area contributed by atoms with Crippen molar-refractivity contribution in [3.05, 3.63) is 0 Å². The molecule has 0 aromatic carbocycles. The van der Waals surface area contributed by atoms with Gasteiger partial charge in [-0.2, -0.15) is 0 Å². The number of carbonyl (C=O) groups is 2. The summed E-state index contributed by atoms with van der Waals surface area (Å²) in [5.41, 5.74) is 5.25. The summed E-state index contributed by atoms with van der Waals surface area (Å²) < 4.78 is 0. The van der Waals surface area contributed by atoms with Gasteiger partial charge in [0.2, 0.25) is 11.8 Å².